The highest BCUT2D eigenvalue weighted by atomic mass is 16.6. The molecule has 5 nitrogen and oxygen atoms in total. The number of esters is 1. The monoisotopic (exact) mass is 238 g/mol. The maximum Gasteiger partial charge on any atom is 0.357 e. The first-order valence-corrected chi connectivity index (χ1v) is 5.42. The first kappa shape index (κ1) is 13.4. The van der Waals surface area contributed by atoms with Crippen molar-refractivity contribution in [3.8, 4) is 0 Å². The van der Waals surface area contributed by atoms with Crippen LogP contribution in [0.5, 0.6) is 0 Å². The number of anilines is 1. The molecule has 0 unspecified atom stereocenters. The number of nitrogen functional groups attached to an aromatic ring is 1. The summed E-state index contributed by atoms with van der Waals surface area (Å²) in [5.74, 6) is -0.194. The van der Waals surface area contributed by atoms with E-state index in [0.717, 1.165) is 0 Å². The molecular weight excluding hydrogens is 220 g/mol. The van der Waals surface area contributed by atoms with E-state index in [0.29, 0.717) is 12.4 Å². The minimum Gasteiger partial charge on any atom is -0.459 e. The van der Waals surface area contributed by atoms with Gasteiger partial charge in [-0.15, -0.1) is 0 Å². The van der Waals surface area contributed by atoms with Crippen molar-refractivity contribution in [2.45, 2.75) is 26.4 Å². The van der Waals surface area contributed by atoms with Gasteiger partial charge >= 0.3 is 5.97 Å². The summed E-state index contributed by atoms with van der Waals surface area (Å²) in [6.07, 6.45) is 0. The molecule has 94 valence electrons. The Hall–Kier alpha value is -1.62. The number of hydrogen-bond donors (Lipinski definition) is 1. The zero-order chi connectivity index (χ0) is 12.9. The van der Waals surface area contributed by atoms with Gasteiger partial charge in [-0.2, -0.15) is 0 Å². The highest BCUT2D eigenvalue weighted by Gasteiger charge is 2.12. The average Bonchev–Trinajstić information content (AvgIpc) is 2.23. The van der Waals surface area contributed by atoms with Crippen LogP contribution in [-0.2, 0) is 9.47 Å². The van der Waals surface area contributed by atoms with E-state index < -0.39 is 5.97 Å². The van der Waals surface area contributed by atoms with Crippen LogP contribution in [0.3, 0.4) is 0 Å². The molecular formula is C12H18N2O3. The van der Waals surface area contributed by atoms with Gasteiger partial charge in [0.25, 0.3) is 0 Å². The minimum atomic E-state index is -0.491. The SMILES string of the molecule is CC(C)(C)OCCOC(=O)c1cccc(N)n1. The van der Waals surface area contributed by atoms with E-state index in [1.807, 2.05) is 20.8 Å². The Morgan fingerprint density at radius 3 is 2.65 bits per heavy atom. The number of nitrogens with two attached hydrogens (primary N) is 1. The second kappa shape index (κ2) is 5.63. The summed E-state index contributed by atoms with van der Waals surface area (Å²) < 4.78 is 10.4. The Morgan fingerprint density at radius 2 is 2.06 bits per heavy atom. The number of carbonyl (C=O) groups is 1. The van der Waals surface area contributed by atoms with Crippen LogP contribution in [0, 0.1) is 0 Å². The van der Waals surface area contributed by atoms with Gasteiger partial charge in [-0.05, 0) is 32.9 Å². The highest BCUT2D eigenvalue weighted by molar-refractivity contribution is 5.87. The van der Waals surface area contributed by atoms with Gasteiger partial charge in [0.05, 0.1) is 12.2 Å². The molecule has 0 spiro atoms. The number of nitrogens with zero attached hydrogens (tertiary/aromatic N) is 1. The average molecular weight is 238 g/mol. The van der Waals surface area contributed by atoms with Crippen molar-refractivity contribution in [2.75, 3.05) is 18.9 Å². The lowest BCUT2D eigenvalue weighted by Gasteiger charge is -2.19. The zero-order valence-corrected chi connectivity index (χ0v) is 10.4. The molecule has 0 aliphatic heterocycles. The lowest BCUT2D eigenvalue weighted by Crippen LogP contribution is -2.22. The fraction of sp³-hybridized carbons (Fsp3) is 0.500. The molecule has 1 aromatic rings. The summed E-state index contributed by atoms with van der Waals surface area (Å²) in [5.41, 5.74) is 5.44. The van der Waals surface area contributed by atoms with Crippen LogP contribution in [0.15, 0.2) is 18.2 Å². The summed E-state index contributed by atoms with van der Waals surface area (Å²) in [4.78, 5) is 15.4. The van der Waals surface area contributed by atoms with E-state index in [4.69, 9.17) is 15.2 Å². The fourth-order valence-electron chi connectivity index (χ4n) is 1.12. The van der Waals surface area contributed by atoms with Crippen molar-refractivity contribution < 1.29 is 14.3 Å². The van der Waals surface area contributed by atoms with E-state index in [2.05, 4.69) is 4.98 Å². The molecule has 0 fully saturated rings. The molecule has 0 amide bonds. The number of pyridine rings is 1. The summed E-state index contributed by atoms with van der Waals surface area (Å²) in [6.45, 7) is 6.38. The van der Waals surface area contributed by atoms with Crippen LogP contribution >= 0.6 is 0 Å². The third kappa shape index (κ3) is 5.31. The van der Waals surface area contributed by atoms with Gasteiger partial charge in [0, 0.05) is 0 Å². The van der Waals surface area contributed by atoms with Crippen molar-refractivity contribution >= 4 is 11.8 Å². The van der Waals surface area contributed by atoms with Crippen LogP contribution in [0.25, 0.3) is 0 Å². The molecule has 1 rings (SSSR count). The van der Waals surface area contributed by atoms with Crippen LogP contribution < -0.4 is 5.73 Å². The van der Waals surface area contributed by atoms with E-state index in [1.165, 1.54) is 0 Å². The first-order chi connectivity index (χ1) is 7.88. The van der Waals surface area contributed by atoms with E-state index in [9.17, 15) is 4.79 Å². The maximum atomic E-state index is 11.5. The fourth-order valence-corrected chi connectivity index (χ4v) is 1.12. The molecule has 0 aliphatic rings. The van der Waals surface area contributed by atoms with Crippen molar-refractivity contribution in [3.63, 3.8) is 0 Å². The Kier molecular flexibility index (Phi) is 4.45. The highest BCUT2D eigenvalue weighted by Crippen LogP contribution is 2.06. The van der Waals surface area contributed by atoms with Gasteiger partial charge in [0.15, 0.2) is 5.69 Å². The lowest BCUT2D eigenvalue weighted by atomic mass is 10.2. The standard InChI is InChI=1S/C12H18N2O3/c1-12(2,3)17-8-7-16-11(15)9-5-4-6-10(13)14-9/h4-6H,7-8H2,1-3H3,(H2,13,14). The second-order valence-electron chi connectivity index (χ2n) is 4.54. The van der Waals surface area contributed by atoms with E-state index in [1.54, 1.807) is 18.2 Å². The van der Waals surface area contributed by atoms with Crippen molar-refractivity contribution in [3.05, 3.63) is 23.9 Å². The Labute approximate surface area is 101 Å². The van der Waals surface area contributed by atoms with Gasteiger partial charge in [0.1, 0.15) is 12.4 Å². The van der Waals surface area contributed by atoms with Gasteiger partial charge in [-0.1, -0.05) is 6.07 Å². The van der Waals surface area contributed by atoms with Crippen molar-refractivity contribution in [2.24, 2.45) is 0 Å². The molecule has 1 heterocycles. The van der Waals surface area contributed by atoms with Crippen molar-refractivity contribution in [1.29, 1.82) is 0 Å². The number of aromatic nitrogens is 1. The summed E-state index contributed by atoms with van der Waals surface area (Å²) in [6, 6.07) is 4.83. The predicted molar refractivity (Wildman–Crippen MR) is 64.6 cm³/mol. The Morgan fingerprint density at radius 1 is 1.35 bits per heavy atom. The van der Waals surface area contributed by atoms with Gasteiger partial charge in [-0.3, -0.25) is 0 Å². The minimum absolute atomic E-state index is 0.201. The second-order valence-corrected chi connectivity index (χ2v) is 4.54. The largest absolute Gasteiger partial charge is 0.459 e. The van der Waals surface area contributed by atoms with Gasteiger partial charge in [0.2, 0.25) is 0 Å². The molecule has 0 saturated carbocycles. The number of hydrogen-bond acceptors (Lipinski definition) is 5. The molecule has 2 N–H and O–H groups in total. The van der Waals surface area contributed by atoms with Crippen LogP contribution in [0.4, 0.5) is 5.82 Å². The van der Waals surface area contributed by atoms with Crippen LogP contribution in [-0.4, -0.2) is 29.8 Å². The third-order valence-electron chi connectivity index (χ3n) is 1.83. The molecule has 0 radical (unpaired) electrons. The molecule has 0 aromatic carbocycles. The third-order valence-corrected chi connectivity index (χ3v) is 1.83. The Bertz CT molecular complexity index is 386. The first-order valence-electron chi connectivity index (χ1n) is 5.42. The summed E-state index contributed by atoms with van der Waals surface area (Å²) >= 11 is 0. The van der Waals surface area contributed by atoms with Crippen molar-refractivity contribution in [1.82, 2.24) is 4.98 Å². The molecule has 0 aliphatic carbocycles. The van der Waals surface area contributed by atoms with Gasteiger partial charge < -0.3 is 15.2 Å². The molecule has 17 heavy (non-hydrogen) atoms. The quantitative estimate of drug-likeness (QED) is 0.637. The number of carbonyl (C=O) groups excluding carboxylic acids is 1. The summed E-state index contributed by atoms with van der Waals surface area (Å²) in [7, 11) is 0. The van der Waals surface area contributed by atoms with E-state index in [-0.39, 0.29) is 17.9 Å². The summed E-state index contributed by atoms with van der Waals surface area (Å²) in [5, 5.41) is 0. The van der Waals surface area contributed by atoms with Gasteiger partial charge in [-0.25, -0.2) is 9.78 Å². The topological polar surface area (TPSA) is 74.4 Å². The lowest BCUT2D eigenvalue weighted by molar-refractivity contribution is -0.0283. The molecule has 0 bridgehead atoms. The smallest absolute Gasteiger partial charge is 0.357 e. The maximum absolute atomic E-state index is 11.5. The van der Waals surface area contributed by atoms with E-state index >= 15 is 0 Å². The van der Waals surface area contributed by atoms with Crippen LogP contribution in [0.1, 0.15) is 31.3 Å². The predicted octanol–water partition coefficient (Wildman–Crippen LogP) is 1.64. The molecule has 5 heteroatoms. The number of rotatable bonds is 4. The molecule has 0 saturated heterocycles. The molecule has 0 atom stereocenters. The zero-order valence-electron chi connectivity index (χ0n) is 10.4. The Balaban J connectivity index is 2.36. The van der Waals surface area contributed by atoms with Crippen LogP contribution in [0.2, 0.25) is 0 Å². The number of ether oxygens (including phenoxy) is 2. The normalized spacial score (nSPS) is 11.2. The molecule has 1 aromatic heterocycles.